The van der Waals surface area contributed by atoms with Crippen LogP contribution in [0.5, 0.6) is 0 Å². The summed E-state index contributed by atoms with van der Waals surface area (Å²) in [5.74, 6) is 0.538. The van der Waals surface area contributed by atoms with E-state index in [-0.39, 0.29) is 5.97 Å². The maximum absolute atomic E-state index is 11.9. The summed E-state index contributed by atoms with van der Waals surface area (Å²) in [5, 5.41) is 0. The van der Waals surface area contributed by atoms with E-state index in [1.165, 1.54) is 7.11 Å². The van der Waals surface area contributed by atoms with Crippen LogP contribution in [0.15, 0.2) is 30.3 Å². The van der Waals surface area contributed by atoms with Gasteiger partial charge >= 0.3 is 5.97 Å². The molecule has 0 atom stereocenters. The van der Waals surface area contributed by atoms with Crippen LogP contribution in [-0.4, -0.2) is 23.0 Å². The summed E-state index contributed by atoms with van der Waals surface area (Å²) >= 11 is 0. The highest BCUT2D eigenvalue weighted by atomic mass is 16.5. The molecule has 3 rings (SSSR count). The Morgan fingerprint density at radius 2 is 2.00 bits per heavy atom. The molecule has 1 aliphatic rings. The number of nitrogens with one attached hydrogen (secondary N) is 1. The van der Waals surface area contributed by atoms with Crippen LogP contribution in [-0.2, 0) is 14.9 Å². The summed E-state index contributed by atoms with van der Waals surface area (Å²) in [7, 11) is 1.43. The van der Waals surface area contributed by atoms with Crippen molar-refractivity contribution >= 4 is 5.97 Å². The maximum Gasteiger partial charge on any atom is 0.319 e. The number of hydrogen-bond donors (Lipinski definition) is 1. The van der Waals surface area contributed by atoms with Crippen molar-refractivity contribution in [1.82, 2.24) is 9.97 Å². The molecule has 0 aliphatic heterocycles. The molecule has 0 spiro atoms. The first-order valence-electron chi connectivity index (χ1n) is 6.38. The normalized spacial score (nSPS) is 16.1. The second kappa shape index (κ2) is 4.23. The number of aromatic nitrogens is 2. The zero-order valence-electron chi connectivity index (χ0n) is 11.1. The van der Waals surface area contributed by atoms with Crippen molar-refractivity contribution in [3.63, 3.8) is 0 Å². The lowest BCUT2D eigenvalue weighted by atomic mass is 10.1. The van der Waals surface area contributed by atoms with Gasteiger partial charge < -0.3 is 9.72 Å². The molecule has 0 unspecified atom stereocenters. The van der Waals surface area contributed by atoms with Crippen LogP contribution in [0.1, 0.15) is 24.4 Å². The summed E-state index contributed by atoms with van der Waals surface area (Å²) in [6.07, 6.45) is 1.61. The molecule has 4 nitrogen and oxygen atoms in total. The third-order valence-electron chi connectivity index (χ3n) is 3.71. The lowest BCUT2D eigenvalue weighted by Crippen LogP contribution is -2.23. The Morgan fingerprint density at radius 1 is 1.32 bits per heavy atom. The first kappa shape index (κ1) is 12.0. The van der Waals surface area contributed by atoms with Crippen molar-refractivity contribution in [2.24, 2.45) is 0 Å². The Bertz CT molecular complexity index is 612. The predicted molar refractivity (Wildman–Crippen MR) is 71.7 cm³/mol. The van der Waals surface area contributed by atoms with Gasteiger partial charge in [-0.2, -0.15) is 0 Å². The van der Waals surface area contributed by atoms with Crippen LogP contribution >= 0.6 is 0 Å². The van der Waals surface area contributed by atoms with Crippen LogP contribution in [0, 0.1) is 6.92 Å². The van der Waals surface area contributed by atoms with E-state index in [1.807, 2.05) is 37.3 Å². The number of methoxy groups -OCH3 is 1. The second-order valence-electron chi connectivity index (χ2n) is 5.00. The number of imidazole rings is 1. The van der Waals surface area contributed by atoms with Crippen molar-refractivity contribution in [3.8, 4) is 11.3 Å². The quantitative estimate of drug-likeness (QED) is 0.859. The summed E-state index contributed by atoms with van der Waals surface area (Å²) in [6, 6.07) is 9.98. The first-order chi connectivity index (χ1) is 9.17. The van der Waals surface area contributed by atoms with E-state index in [0.29, 0.717) is 0 Å². The average molecular weight is 256 g/mol. The van der Waals surface area contributed by atoms with E-state index >= 15 is 0 Å². The van der Waals surface area contributed by atoms with E-state index in [9.17, 15) is 4.79 Å². The van der Waals surface area contributed by atoms with Crippen LogP contribution in [0.4, 0.5) is 0 Å². The lowest BCUT2D eigenvalue weighted by Gasteiger charge is -2.08. The summed E-state index contributed by atoms with van der Waals surface area (Å²) in [6.45, 7) is 1.98. The van der Waals surface area contributed by atoms with Crippen molar-refractivity contribution < 1.29 is 9.53 Å². The van der Waals surface area contributed by atoms with Gasteiger partial charge in [-0.1, -0.05) is 30.3 Å². The molecule has 1 heterocycles. The molecule has 1 aromatic heterocycles. The Labute approximate surface area is 111 Å². The van der Waals surface area contributed by atoms with Gasteiger partial charge in [0.1, 0.15) is 11.2 Å². The fraction of sp³-hybridized carbons (Fsp3) is 0.333. The summed E-state index contributed by atoms with van der Waals surface area (Å²) < 4.78 is 4.89. The molecule has 2 aromatic rings. The number of aromatic amines is 1. The van der Waals surface area contributed by atoms with Gasteiger partial charge in [-0.05, 0) is 19.8 Å². The topological polar surface area (TPSA) is 55.0 Å². The van der Waals surface area contributed by atoms with Gasteiger partial charge in [0, 0.05) is 11.3 Å². The highest BCUT2D eigenvalue weighted by Crippen LogP contribution is 2.48. The van der Waals surface area contributed by atoms with Gasteiger partial charge in [-0.25, -0.2) is 4.98 Å². The lowest BCUT2D eigenvalue weighted by molar-refractivity contribution is -0.143. The number of aryl methyl sites for hydroxylation is 1. The molecule has 1 N–H and O–H groups in total. The highest BCUT2D eigenvalue weighted by Gasteiger charge is 2.55. The van der Waals surface area contributed by atoms with Crippen LogP contribution in [0.25, 0.3) is 11.3 Å². The molecule has 0 saturated heterocycles. The van der Waals surface area contributed by atoms with E-state index in [4.69, 9.17) is 4.74 Å². The van der Waals surface area contributed by atoms with Crippen LogP contribution in [0.2, 0.25) is 0 Å². The minimum Gasteiger partial charge on any atom is -0.468 e. The van der Waals surface area contributed by atoms with Crippen molar-refractivity contribution in [2.75, 3.05) is 7.11 Å². The average Bonchev–Trinajstić information content (AvgIpc) is 3.17. The van der Waals surface area contributed by atoms with Gasteiger partial charge in [0.2, 0.25) is 0 Å². The van der Waals surface area contributed by atoms with Gasteiger partial charge in [0.15, 0.2) is 0 Å². The van der Waals surface area contributed by atoms with E-state index in [2.05, 4.69) is 9.97 Å². The highest BCUT2D eigenvalue weighted by molar-refractivity contribution is 5.85. The number of esters is 1. The minimum atomic E-state index is -0.535. The molecular weight excluding hydrogens is 240 g/mol. The number of carbonyl (C=O) groups excluding carboxylic acids is 1. The number of benzene rings is 1. The van der Waals surface area contributed by atoms with E-state index in [0.717, 1.165) is 35.6 Å². The van der Waals surface area contributed by atoms with Crippen molar-refractivity contribution in [1.29, 1.82) is 0 Å². The molecular formula is C15H16N2O2. The van der Waals surface area contributed by atoms with Crippen molar-refractivity contribution in [3.05, 3.63) is 41.9 Å². The Morgan fingerprint density at radius 3 is 2.58 bits per heavy atom. The molecule has 0 radical (unpaired) electrons. The number of nitrogens with zero attached hydrogens (tertiary/aromatic N) is 1. The third-order valence-corrected chi connectivity index (χ3v) is 3.71. The fourth-order valence-electron chi connectivity index (χ4n) is 2.42. The Kier molecular flexibility index (Phi) is 2.66. The number of hydrogen-bond acceptors (Lipinski definition) is 3. The molecule has 1 aliphatic carbocycles. The molecule has 0 amide bonds. The smallest absolute Gasteiger partial charge is 0.319 e. The second-order valence-corrected chi connectivity index (χ2v) is 5.00. The summed E-state index contributed by atoms with van der Waals surface area (Å²) in [5.41, 5.74) is 2.41. The number of carbonyl (C=O) groups is 1. The molecule has 1 fully saturated rings. The zero-order chi connectivity index (χ0) is 13.5. The zero-order valence-corrected chi connectivity index (χ0v) is 11.1. The molecule has 1 saturated carbocycles. The van der Waals surface area contributed by atoms with Crippen molar-refractivity contribution in [2.45, 2.75) is 25.2 Å². The maximum atomic E-state index is 11.9. The largest absolute Gasteiger partial charge is 0.468 e. The van der Waals surface area contributed by atoms with Gasteiger partial charge in [0.05, 0.1) is 12.8 Å². The van der Waals surface area contributed by atoms with Gasteiger partial charge in [-0.15, -0.1) is 0 Å². The molecule has 19 heavy (non-hydrogen) atoms. The fourth-order valence-corrected chi connectivity index (χ4v) is 2.42. The Hall–Kier alpha value is -2.10. The third kappa shape index (κ3) is 1.84. The molecule has 0 bridgehead atoms. The molecule has 1 aromatic carbocycles. The summed E-state index contributed by atoms with van der Waals surface area (Å²) in [4.78, 5) is 19.7. The molecule has 4 heteroatoms. The minimum absolute atomic E-state index is 0.194. The SMILES string of the molecule is COC(=O)C1(c2nc(-c3ccccc3)c(C)[nH]2)CC1. The van der Waals surface area contributed by atoms with Gasteiger partial charge in [-0.3, -0.25) is 4.79 Å². The Balaban J connectivity index is 2.01. The van der Waals surface area contributed by atoms with Crippen LogP contribution in [0.3, 0.4) is 0 Å². The number of H-pyrrole nitrogens is 1. The van der Waals surface area contributed by atoms with E-state index < -0.39 is 5.41 Å². The standard InChI is InChI=1S/C15H16N2O2/c1-10-12(11-6-4-3-5-7-11)17-13(16-10)15(8-9-15)14(18)19-2/h3-7H,8-9H2,1-2H3,(H,16,17). The number of rotatable bonds is 3. The van der Waals surface area contributed by atoms with E-state index in [1.54, 1.807) is 0 Å². The predicted octanol–water partition coefficient (Wildman–Crippen LogP) is 2.59. The van der Waals surface area contributed by atoms with Gasteiger partial charge in [0.25, 0.3) is 0 Å². The molecule has 98 valence electrons. The first-order valence-corrected chi connectivity index (χ1v) is 6.38. The number of ether oxygens (including phenoxy) is 1. The monoisotopic (exact) mass is 256 g/mol. The van der Waals surface area contributed by atoms with Crippen LogP contribution < -0.4 is 0 Å².